The zero-order valence-corrected chi connectivity index (χ0v) is 18.2. The second kappa shape index (κ2) is 9.23. The van der Waals surface area contributed by atoms with Crippen LogP contribution >= 0.6 is 23.8 Å². The number of rotatable bonds is 5. The smallest absolute Gasteiger partial charge is 0.229 e. The number of nitrogens with zero attached hydrogens (tertiary/aromatic N) is 3. The predicted octanol–water partition coefficient (Wildman–Crippen LogP) is 3.68. The molecule has 0 unspecified atom stereocenters. The SMILES string of the molecule is COc1cc(NC(=S)NC(=NC2CC2)Nc2nc(C)cc(C)n2)c(OC)cc1Cl. The Bertz CT molecular complexity index is 928. The van der Waals surface area contributed by atoms with Gasteiger partial charge in [0.05, 0.1) is 31.0 Å². The lowest BCUT2D eigenvalue weighted by Crippen LogP contribution is -2.39. The van der Waals surface area contributed by atoms with Crippen molar-refractivity contribution >= 4 is 46.5 Å². The number of nitrogens with one attached hydrogen (secondary N) is 3. The maximum absolute atomic E-state index is 6.16. The number of benzene rings is 1. The highest BCUT2D eigenvalue weighted by atomic mass is 35.5. The van der Waals surface area contributed by atoms with Crippen LogP contribution in [0, 0.1) is 13.8 Å². The first-order chi connectivity index (χ1) is 13.9. The number of anilines is 2. The molecule has 1 aliphatic rings. The topological polar surface area (TPSA) is 92.7 Å². The number of halogens is 1. The summed E-state index contributed by atoms with van der Waals surface area (Å²) in [6.45, 7) is 3.83. The summed E-state index contributed by atoms with van der Waals surface area (Å²) in [5.74, 6) is 1.98. The molecule has 8 nitrogen and oxygen atoms in total. The second-order valence-corrected chi connectivity index (χ2v) is 7.39. The molecule has 3 rings (SSSR count). The normalized spacial score (nSPS) is 13.6. The average Bonchev–Trinajstić information content (AvgIpc) is 3.45. The number of hydrogen-bond donors (Lipinski definition) is 3. The first kappa shape index (κ1) is 21.1. The quantitative estimate of drug-likeness (QED) is 0.373. The number of aromatic nitrogens is 2. The Labute approximate surface area is 180 Å². The van der Waals surface area contributed by atoms with Crippen LogP contribution in [0.15, 0.2) is 23.2 Å². The molecular weight excluding hydrogens is 412 g/mol. The van der Waals surface area contributed by atoms with Crippen molar-refractivity contribution < 1.29 is 9.47 Å². The van der Waals surface area contributed by atoms with E-state index in [1.54, 1.807) is 26.4 Å². The number of thiocarbonyl (C=S) groups is 1. The molecule has 0 spiro atoms. The first-order valence-corrected chi connectivity index (χ1v) is 9.83. The summed E-state index contributed by atoms with van der Waals surface area (Å²) in [6.07, 6.45) is 2.09. The first-order valence-electron chi connectivity index (χ1n) is 9.04. The molecule has 1 heterocycles. The van der Waals surface area contributed by atoms with Crippen LogP contribution in [0.5, 0.6) is 11.5 Å². The van der Waals surface area contributed by atoms with Gasteiger partial charge in [0.1, 0.15) is 11.5 Å². The van der Waals surface area contributed by atoms with Gasteiger partial charge in [-0.3, -0.25) is 5.32 Å². The van der Waals surface area contributed by atoms with Gasteiger partial charge in [0, 0.05) is 23.5 Å². The van der Waals surface area contributed by atoms with E-state index in [9.17, 15) is 0 Å². The molecule has 1 aromatic heterocycles. The highest BCUT2D eigenvalue weighted by Crippen LogP contribution is 2.35. The van der Waals surface area contributed by atoms with Crippen molar-refractivity contribution in [2.24, 2.45) is 4.99 Å². The van der Waals surface area contributed by atoms with Gasteiger partial charge in [-0.1, -0.05) is 11.6 Å². The third-order valence-corrected chi connectivity index (χ3v) is 4.52. The molecule has 0 aliphatic heterocycles. The Kier molecular flexibility index (Phi) is 6.71. The van der Waals surface area contributed by atoms with E-state index in [0.717, 1.165) is 24.2 Å². The average molecular weight is 435 g/mol. The third-order valence-electron chi connectivity index (χ3n) is 4.03. The summed E-state index contributed by atoms with van der Waals surface area (Å²) in [7, 11) is 3.10. The minimum atomic E-state index is 0.267. The lowest BCUT2D eigenvalue weighted by Gasteiger charge is -2.17. The van der Waals surface area contributed by atoms with E-state index >= 15 is 0 Å². The fourth-order valence-corrected chi connectivity index (χ4v) is 3.03. The second-order valence-electron chi connectivity index (χ2n) is 6.57. The maximum Gasteiger partial charge on any atom is 0.229 e. The van der Waals surface area contributed by atoms with Crippen LogP contribution in [0.1, 0.15) is 24.2 Å². The molecule has 3 N–H and O–H groups in total. The van der Waals surface area contributed by atoms with E-state index in [1.165, 1.54) is 0 Å². The molecule has 0 atom stereocenters. The van der Waals surface area contributed by atoms with Crippen molar-refractivity contribution in [3.8, 4) is 11.5 Å². The van der Waals surface area contributed by atoms with E-state index in [4.69, 9.17) is 33.3 Å². The molecule has 10 heteroatoms. The summed E-state index contributed by atoms with van der Waals surface area (Å²) in [5, 5.41) is 10.1. The van der Waals surface area contributed by atoms with E-state index < -0.39 is 0 Å². The van der Waals surface area contributed by atoms with Gasteiger partial charge in [-0.25, -0.2) is 15.0 Å². The van der Waals surface area contributed by atoms with Gasteiger partial charge in [0.15, 0.2) is 5.11 Å². The number of ether oxygens (including phenoxy) is 2. The highest BCUT2D eigenvalue weighted by molar-refractivity contribution is 7.80. The molecule has 0 amide bonds. The van der Waals surface area contributed by atoms with Crippen molar-refractivity contribution in [1.82, 2.24) is 15.3 Å². The lowest BCUT2D eigenvalue weighted by atomic mass is 10.2. The maximum atomic E-state index is 6.16. The standard InChI is InChI=1S/C19H23ClN6O2S/c1-10-7-11(2)22-17(21-10)25-18(23-12-5-6-12)26-19(29)24-14-9-15(27-3)13(20)8-16(14)28-4/h7-9,12H,5-6H2,1-4H3,(H3,21,22,23,24,25,26,29). The van der Waals surface area contributed by atoms with Crippen molar-refractivity contribution in [3.05, 3.63) is 34.6 Å². The monoisotopic (exact) mass is 434 g/mol. The molecule has 29 heavy (non-hydrogen) atoms. The molecule has 0 radical (unpaired) electrons. The van der Waals surface area contributed by atoms with Gasteiger partial charge in [-0.05, 0) is 45.0 Å². The number of hydrogen-bond acceptors (Lipinski definition) is 6. The van der Waals surface area contributed by atoms with Gasteiger partial charge in [-0.15, -0.1) is 0 Å². The van der Waals surface area contributed by atoms with Crippen LogP contribution in [-0.4, -0.2) is 41.3 Å². The van der Waals surface area contributed by atoms with Crippen LogP contribution in [-0.2, 0) is 0 Å². The summed E-state index contributed by atoms with van der Waals surface area (Å²) in [5.41, 5.74) is 2.34. The Morgan fingerprint density at radius 3 is 2.31 bits per heavy atom. The summed E-state index contributed by atoms with van der Waals surface area (Å²) in [6, 6.07) is 5.55. The van der Waals surface area contributed by atoms with Gasteiger partial charge in [-0.2, -0.15) is 0 Å². The van der Waals surface area contributed by atoms with E-state index in [1.807, 2.05) is 19.9 Å². The number of aryl methyl sites for hydroxylation is 2. The van der Waals surface area contributed by atoms with Gasteiger partial charge in [0.2, 0.25) is 11.9 Å². The van der Waals surface area contributed by atoms with Crippen molar-refractivity contribution in [2.45, 2.75) is 32.7 Å². The molecule has 1 aliphatic carbocycles. The van der Waals surface area contributed by atoms with E-state index in [2.05, 4.69) is 30.9 Å². The highest BCUT2D eigenvalue weighted by Gasteiger charge is 2.22. The van der Waals surface area contributed by atoms with E-state index in [0.29, 0.717) is 39.2 Å². The van der Waals surface area contributed by atoms with Crippen LogP contribution in [0.4, 0.5) is 11.6 Å². The van der Waals surface area contributed by atoms with Crippen molar-refractivity contribution in [3.63, 3.8) is 0 Å². The number of guanidine groups is 1. The van der Waals surface area contributed by atoms with Crippen molar-refractivity contribution in [1.29, 1.82) is 0 Å². The van der Waals surface area contributed by atoms with Crippen LogP contribution in [0.3, 0.4) is 0 Å². The molecule has 2 aromatic rings. The zero-order chi connectivity index (χ0) is 21.0. The number of aliphatic imine (C=N–C) groups is 1. The molecule has 1 saturated carbocycles. The largest absolute Gasteiger partial charge is 0.495 e. The minimum absolute atomic E-state index is 0.267. The fraction of sp³-hybridized carbons (Fsp3) is 0.368. The predicted molar refractivity (Wildman–Crippen MR) is 119 cm³/mol. The molecular formula is C19H23ClN6O2S. The number of methoxy groups -OCH3 is 2. The Balaban J connectivity index is 1.76. The van der Waals surface area contributed by atoms with Crippen LogP contribution in [0.2, 0.25) is 5.02 Å². The molecule has 1 aromatic carbocycles. The van der Waals surface area contributed by atoms with Crippen molar-refractivity contribution in [2.75, 3.05) is 24.9 Å². The Morgan fingerprint density at radius 1 is 1.07 bits per heavy atom. The zero-order valence-electron chi connectivity index (χ0n) is 16.7. The van der Waals surface area contributed by atoms with Gasteiger partial charge in [0.25, 0.3) is 0 Å². The lowest BCUT2D eigenvalue weighted by molar-refractivity contribution is 0.405. The van der Waals surface area contributed by atoms with E-state index in [-0.39, 0.29) is 6.04 Å². The molecule has 154 valence electrons. The van der Waals surface area contributed by atoms with Crippen LogP contribution < -0.4 is 25.4 Å². The molecule has 1 fully saturated rings. The fourth-order valence-electron chi connectivity index (χ4n) is 2.59. The summed E-state index contributed by atoms with van der Waals surface area (Å²) >= 11 is 11.6. The molecule has 0 saturated heterocycles. The Morgan fingerprint density at radius 2 is 1.72 bits per heavy atom. The third kappa shape index (κ3) is 5.91. The Hall–Kier alpha value is -2.65. The van der Waals surface area contributed by atoms with Gasteiger partial charge >= 0.3 is 0 Å². The minimum Gasteiger partial charge on any atom is -0.495 e. The molecule has 0 bridgehead atoms. The summed E-state index contributed by atoms with van der Waals surface area (Å²) < 4.78 is 10.6. The summed E-state index contributed by atoms with van der Waals surface area (Å²) in [4.78, 5) is 13.4. The van der Waals surface area contributed by atoms with Crippen LogP contribution in [0.25, 0.3) is 0 Å². The van der Waals surface area contributed by atoms with Gasteiger partial charge < -0.3 is 20.1 Å².